The van der Waals surface area contributed by atoms with Gasteiger partial charge < -0.3 is 9.84 Å². The van der Waals surface area contributed by atoms with E-state index in [-0.39, 0.29) is 27.9 Å². The van der Waals surface area contributed by atoms with Crippen LogP contribution in [0.1, 0.15) is 78.6 Å². The van der Waals surface area contributed by atoms with Crippen molar-refractivity contribution in [3.8, 4) is 0 Å². The van der Waals surface area contributed by atoms with Gasteiger partial charge >= 0.3 is 5.97 Å². The maximum absolute atomic E-state index is 11.4. The number of carbonyl (C=O) groups is 1. The summed E-state index contributed by atoms with van der Waals surface area (Å²) in [5.74, 6) is 1.94. The molecule has 4 fully saturated rings. The van der Waals surface area contributed by atoms with Crippen molar-refractivity contribution in [3.05, 3.63) is 0 Å². The first-order chi connectivity index (χ1) is 11.7. The molecule has 0 bridgehead atoms. The van der Waals surface area contributed by atoms with Crippen LogP contribution in [-0.2, 0) is 9.53 Å². The Labute approximate surface area is 160 Å². The third kappa shape index (κ3) is 2.56. The molecule has 0 radical (unpaired) electrons. The molecule has 4 aliphatic carbocycles. The van der Waals surface area contributed by atoms with Crippen molar-refractivity contribution in [1.29, 1.82) is 0 Å². The van der Waals surface area contributed by atoms with Gasteiger partial charge in [0.05, 0.1) is 10.4 Å². The van der Waals surface area contributed by atoms with Crippen molar-refractivity contribution in [2.24, 2.45) is 28.6 Å². The van der Waals surface area contributed by atoms with Gasteiger partial charge in [-0.1, -0.05) is 36.2 Å². The lowest BCUT2D eigenvalue weighted by molar-refractivity contribution is -0.167. The van der Waals surface area contributed by atoms with Gasteiger partial charge in [0.25, 0.3) is 0 Å². The summed E-state index contributed by atoms with van der Waals surface area (Å²) in [7, 11) is 0. The molecule has 0 aromatic carbocycles. The highest BCUT2D eigenvalue weighted by molar-refractivity contribution is 9.10. The number of alkyl halides is 1. The second-order valence-electron chi connectivity index (χ2n) is 9.97. The Morgan fingerprint density at radius 2 is 1.88 bits per heavy atom. The highest BCUT2D eigenvalue weighted by Crippen LogP contribution is 2.69. The molecule has 0 spiro atoms. The highest BCUT2D eigenvalue weighted by Gasteiger charge is 2.66. The molecule has 0 aromatic heterocycles. The average Bonchev–Trinajstić information content (AvgIpc) is 2.92. The van der Waals surface area contributed by atoms with Crippen LogP contribution in [0.2, 0.25) is 0 Å². The normalized spacial score (nSPS) is 55.0. The lowest BCUT2D eigenvalue weighted by atomic mass is 9.44. The molecular weight excluding hydrogens is 380 g/mol. The van der Waals surface area contributed by atoms with Crippen LogP contribution >= 0.6 is 15.9 Å². The van der Waals surface area contributed by atoms with Crippen molar-refractivity contribution < 1.29 is 14.6 Å². The van der Waals surface area contributed by atoms with Crippen molar-refractivity contribution >= 4 is 21.9 Å². The van der Waals surface area contributed by atoms with Gasteiger partial charge in [-0.15, -0.1) is 0 Å². The molecule has 0 aliphatic heterocycles. The van der Waals surface area contributed by atoms with Crippen molar-refractivity contribution in [3.63, 3.8) is 0 Å². The lowest BCUT2D eigenvalue weighted by Crippen LogP contribution is -2.65. The molecule has 4 saturated carbocycles. The molecule has 8 atom stereocenters. The van der Waals surface area contributed by atoms with Gasteiger partial charge in [0.2, 0.25) is 0 Å². The predicted octanol–water partition coefficient (Wildman–Crippen LogP) is 4.84. The van der Waals surface area contributed by atoms with E-state index in [1.807, 2.05) is 0 Å². The third-order valence-corrected chi connectivity index (χ3v) is 10.6. The third-order valence-electron chi connectivity index (χ3n) is 8.85. The Bertz CT molecular complexity index is 565. The topological polar surface area (TPSA) is 46.5 Å². The van der Waals surface area contributed by atoms with Crippen molar-refractivity contribution in [2.75, 3.05) is 0 Å². The first-order valence-corrected chi connectivity index (χ1v) is 11.0. The molecular formula is C21H33BrO3. The summed E-state index contributed by atoms with van der Waals surface area (Å²) >= 11 is 4.03. The number of esters is 1. The summed E-state index contributed by atoms with van der Waals surface area (Å²) < 4.78 is 5.23. The van der Waals surface area contributed by atoms with Crippen LogP contribution in [0.5, 0.6) is 0 Å². The Morgan fingerprint density at radius 3 is 2.60 bits per heavy atom. The first kappa shape index (κ1) is 18.3. The summed E-state index contributed by atoms with van der Waals surface area (Å²) in [5, 5.41) is 11.2. The summed E-state index contributed by atoms with van der Waals surface area (Å²) in [6, 6.07) is 0. The van der Waals surface area contributed by atoms with Gasteiger partial charge in [-0.25, -0.2) is 0 Å². The molecule has 25 heavy (non-hydrogen) atoms. The molecule has 142 valence electrons. The molecule has 0 heterocycles. The Morgan fingerprint density at radius 1 is 1.12 bits per heavy atom. The zero-order valence-corrected chi connectivity index (χ0v) is 17.5. The standard InChI is InChI=1S/C21H33BrO3/c1-13(23)25-14-6-10-20(3)17-7-9-19(2)8-4-5-16(19)15(17)11-18(24)21(20,22)12-14/h14-18,24H,4-12H2,1-3H3/t14-,15-,16-,17-,18+,19-,20+,21-/m0/s1. The van der Waals surface area contributed by atoms with Gasteiger partial charge in [0.15, 0.2) is 0 Å². The zero-order chi connectivity index (χ0) is 18.0. The Hall–Kier alpha value is -0.0900. The van der Waals surface area contributed by atoms with Crippen molar-refractivity contribution in [1.82, 2.24) is 0 Å². The predicted molar refractivity (Wildman–Crippen MR) is 101 cm³/mol. The summed E-state index contributed by atoms with van der Waals surface area (Å²) in [5.41, 5.74) is 0.606. The monoisotopic (exact) mass is 412 g/mol. The fraction of sp³-hybridized carbons (Fsp3) is 0.952. The number of fused-ring (bicyclic) bond motifs is 5. The first-order valence-electron chi connectivity index (χ1n) is 10.2. The number of rotatable bonds is 1. The van der Waals surface area contributed by atoms with E-state index in [2.05, 4.69) is 29.8 Å². The quantitative estimate of drug-likeness (QED) is 0.494. The highest BCUT2D eigenvalue weighted by atomic mass is 79.9. The van der Waals surface area contributed by atoms with E-state index < -0.39 is 0 Å². The molecule has 0 saturated heterocycles. The fourth-order valence-electron chi connectivity index (χ4n) is 7.53. The minimum atomic E-state index is -0.347. The van der Waals surface area contributed by atoms with Crippen LogP contribution in [0.3, 0.4) is 0 Å². The van der Waals surface area contributed by atoms with Crippen LogP contribution in [0.25, 0.3) is 0 Å². The maximum Gasteiger partial charge on any atom is 0.302 e. The second-order valence-corrected chi connectivity index (χ2v) is 11.4. The molecule has 0 aromatic rings. The van der Waals surface area contributed by atoms with Gasteiger partial charge in [0, 0.05) is 13.3 Å². The molecule has 4 heteroatoms. The van der Waals surface area contributed by atoms with E-state index >= 15 is 0 Å². The number of hydrogen-bond donors (Lipinski definition) is 1. The van der Waals surface area contributed by atoms with Crippen molar-refractivity contribution in [2.45, 2.75) is 95.1 Å². The molecule has 4 rings (SSSR count). The lowest BCUT2D eigenvalue weighted by Gasteiger charge is -2.65. The smallest absolute Gasteiger partial charge is 0.302 e. The number of carbonyl (C=O) groups excluding carboxylic acids is 1. The number of aliphatic hydroxyl groups excluding tert-OH is 1. The molecule has 1 N–H and O–H groups in total. The van der Waals surface area contributed by atoms with Gasteiger partial charge in [-0.2, -0.15) is 0 Å². The largest absolute Gasteiger partial charge is 0.463 e. The van der Waals surface area contributed by atoms with Gasteiger partial charge in [-0.05, 0) is 73.5 Å². The zero-order valence-electron chi connectivity index (χ0n) is 15.9. The minimum absolute atomic E-state index is 0.0588. The van der Waals surface area contributed by atoms with Crippen LogP contribution in [0.15, 0.2) is 0 Å². The number of hydrogen-bond acceptors (Lipinski definition) is 3. The SMILES string of the molecule is CC(=O)O[C@H]1CC[C@]2(C)[C@H]3CC[C@]4(C)CCC[C@H]4[C@@H]3C[C@@H](O)[C@@]2(Br)C1. The van der Waals surface area contributed by atoms with Gasteiger partial charge in [0.1, 0.15) is 6.10 Å². The summed E-state index contributed by atoms with van der Waals surface area (Å²) in [4.78, 5) is 11.4. The van der Waals surface area contributed by atoms with E-state index in [9.17, 15) is 9.90 Å². The number of ether oxygens (including phenoxy) is 1. The Balaban J connectivity index is 1.64. The molecule has 0 unspecified atom stereocenters. The molecule has 0 amide bonds. The van der Waals surface area contributed by atoms with E-state index in [1.54, 1.807) is 0 Å². The number of halogens is 1. The van der Waals surface area contributed by atoms with E-state index in [0.717, 1.165) is 31.6 Å². The molecule has 3 nitrogen and oxygen atoms in total. The summed E-state index contributed by atoms with van der Waals surface area (Å²) in [6.07, 6.45) is 9.97. The number of aliphatic hydroxyl groups is 1. The average molecular weight is 413 g/mol. The molecule has 4 aliphatic rings. The van der Waals surface area contributed by atoms with Crippen LogP contribution < -0.4 is 0 Å². The summed E-state index contributed by atoms with van der Waals surface area (Å²) in [6.45, 7) is 6.40. The Kier molecular flexibility index (Phi) is 4.35. The fourth-order valence-corrected chi connectivity index (χ4v) is 8.57. The second kappa shape index (κ2) is 5.95. The van der Waals surface area contributed by atoms with Crippen LogP contribution in [0, 0.1) is 28.6 Å². The van der Waals surface area contributed by atoms with E-state index in [4.69, 9.17) is 4.74 Å². The van der Waals surface area contributed by atoms with Gasteiger partial charge in [-0.3, -0.25) is 4.79 Å². The van der Waals surface area contributed by atoms with E-state index in [1.165, 1.54) is 39.0 Å². The van der Waals surface area contributed by atoms with Crippen LogP contribution in [-0.4, -0.2) is 27.6 Å². The minimum Gasteiger partial charge on any atom is -0.463 e. The maximum atomic E-state index is 11.4. The van der Waals surface area contributed by atoms with E-state index in [0.29, 0.717) is 17.3 Å². The van der Waals surface area contributed by atoms with Crippen LogP contribution in [0.4, 0.5) is 0 Å².